The van der Waals surface area contributed by atoms with Crippen molar-refractivity contribution in [3.63, 3.8) is 0 Å². The number of carboxylic acids is 1. The van der Waals surface area contributed by atoms with Crippen LogP contribution in [0.1, 0.15) is 71.1 Å². The zero-order chi connectivity index (χ0) is 17.1. The molecule has 0 saturated carbocycles. The highest BCUT2D eigenvalue weighted by Crippen LogP contribution is 2.20. The zero-order valence-electron chi connectivity index (χ0n) is 14.4. The Bertz CT molecular complexity index is 357. The number of rotatable bonds is 11. The predicted octanol–water partition coefficient (Wildman–Crippen LogP) is 2.89. The second-order valence-corrected chi connectivity index (χ2v) is 6.45. The Labute approximate surface area is 139 Å². The smallest absolute Gasteiger partial charge is 0.305 e. The average Bonchev–Trinajstić information content (AvgIpc) is 2.55. The van der Waals surface area contributed by atoms with Crippen LogP contribution in [0.4, 0.5) is 0 Å². The number of carbonyl (C=O) groups excluding carboxylic acids is 1. The second-order valence-electron chi connectivity index (χ2n) is 6.45. The molecule has 1 saturated heterocycles. The third-order valence-electron chi connectivity index (χ3n) is 4.53. The van der Waals surface area contributed by atoms with Crippen molar-refractivity contribution < 1.29 is 19.9 Å². The van der Waals surface area contributed by atoms with E-state index < -0.39 is 5.97 Å². The van der Waals surface area contributed by atoms with Gasteiger partial charge >= 0.3 is 5.97 Å². The van der Waals surface area contributed by atoms with Crippen LogP contribution in [0.25, 0.3) is 0 Å². The molecule has 0 aromatic rings. The van der Waals surface area contributed by atoms with Gasteiger partial charge in [0, 0.05) is 12.5 Å². The third kappa shape index (κ3) is 8.32. The highest BCUT2D eigenvalue weighted by molar-refractivity contribution is 5.75. The van der Waals surface area contributed by atoms with Crippen molar-refractivity contribution in [3.05, 3.63) is 0 Å². The predicted molar refractivity (Wildman–Crippen MR) is 88.3 cm³/mol. The van der Waals surface area contributed by atoms with Gasteiger partial charge in [-0.05, 0) is 45.2 Å². The minimum absolute atomic E-state index is 0.138. The van der Waals surface area contributed by atoms with Crippen molar-refractivity contribution in [3.8, 4) is 0 Å². The molecule has 1 aliphatic rings. The van der Waals surface area contributed by atoms with Gasteiger partial charge < -0.3 is 10.0 Å². The maximum atomic E-state index is 11.7. The van der Waals surface area contributed by atoms with E-state index in [1.165, 1.54) is 45.2 Å². The van der Waals surface area contributed by atoms with Crippen LogP contribution in [-0.2, 0) is 9.59 Å². The van der Waals surface area contributed by atoms with E-state index in [0.29, 0.717) is 11.1 Å². The van der Waals surface area contributed by atoms with Gasteiger partial charge in [0.05, 0.1) is 13.0 Å². The number of likely N-dealkylation sites (tertiary alicyclic amines) is 1. The fourth-order valence-corrected chi connectivity index (χ4v) is 3.24. The molecule has 1 rings (SSSR count). The van der Waals surface area contributed by atoms with Crippen molar-refractivity contribution in [1.82, 2.24) is 9.96 Å². The summed E-state index contributed by atoms with van der Waals surface area (Å²) in [5, 5.41) is 18.6. The highest BCUT2D eigenvalue weighted by Gasteiger charge is 2.19. The molecule has 0 aliphatic carbocycles. The summed E-state index contributed by atoms with van der Waals surface area (Å²) in [6.07, 6.45) is 9.19. The Morgan fingerprint density at radius 1 is 1.09 bits per heavy atom. The lowest BCUT2D eigenvalue weighted by atomic mass is 9.99. The van der Waals surface area contributed by atoms with Crippen LogP contribution in [0.5, 0.6) is 0 Å². The molecule has 1 atom stereocenters. The minimum atomic E-state index is -1.01. The van der Waals surface area contributed by atoms with Crippen LogP contribution in [0.3, 0.4) is 0 Å². The van der Waals surface area contributed by atoms with E-state index in [1.54, 1.807) is 0 Å². The van der Waals surface area contributed by atoms with Crippen LogP contribution in [0.2, 0.25) is 0 Å². The van der Waals surface area contributed by atoms with Gasteiger partial charge in [0.2, 0.25) is 5.91 Å². The molecule has 1 amide bonds. The molecule has 0 aromatic carbocycles. The fraction of sp³-hybridized carbons (Fsp3) is 0.882. The summed E-state index contributed by atoms with van der Waals surface area (Å²) in [5.41, 5.74) is 0. The number of hydrogen-bond donors (Lipinski definition) is 2. The fourth-order valence-electron chi connectivity index (χ4n) is 3.24. The first-order chi connectivity index (χ1) is 11.0. The molecule has 1 unspecified atom stereocenters. The van der Waals surface area contributed by atoms with Gasteiger partial charge in [0.25, 0.3) is 0 Å². The first kappa shape index (κ1) is 19.9. The average molecular weight is 328 g/mol. The van der Waals surface area contributed by atoms with E-state index in [9.17, 15) is 14.8 Å². The summed E-state index contributed by atoms with van der Waals surface area (Å²) in [6, 6.07) is 0.618. The first-order valence-corrected chi connectivity index (χ1v) is 8.99. The standard InChI is InChI=1S/C17H32N2O4/c1-2-8-15(18-12-6-3-7-13-18)9-4-5-10-16(20)19(23)14-11-17(21)22/h15,23H,2-14H2,1H3,(H,21,22). The topological polar surface area (TPSA) is 81.1 Å². The van der Waals surface area contributed by atoms with Gasteiger partial charge in [-0.25, -0.2) is 5.06 Å². The third-order valence-corrected chi connectivity index (χ3v) is 4.53. The quantitative estimate of drug-likeness (QED) is 0.346. The summed E-state index contributed by atoms with van der Waals surface area (Å²) in [6.45, 7) is 4.47. The van der Waals surface area contributed by atoms with Crippen molar-refractivity contribution in [2.75, 3.05) is 19.6 Å². The first-order valence-electron chi connectivity index (χ1n) is 8.99. The van der Waals surface area contributed by atoms with Crippen LogP contribution in [0.15, 0.2) is 0 Å². The Morgan fingerprint density at radius 2 is 1.78 bits per heavy atom. The van der Waals surface area contributed by atoms with E-state index in [2.05, 4.69) is 11.8 Å². The number of hydroxylamine groups is 2. The summed E-state index contributed by atoms with van der Waals surface area (Å²) in [5.74, 6) is -1.39. The molecule has 0 aromatic heterocycles. The van der Waals surface area contributed by atoms with Crippen LogP contribution < -0.4 is 0 Å². The van der Waals surface area contributed by atoms with Crippen molar-refractivity contribution in [2.45, 2.75) is 77.2 Å². The lowest BCUT2D eigenvalue weighted by Gasteiger charge is -2.34. The number of carboxylic acid groups (broad SMARTS) is 1. The molecule has 134 valence electrons. The minimum Gasteiger partial charge on any atom is -0.481 e. The number of unbranched alkanes of at least 4 members (excludes halogenated alkanes) is 1. The van der Waals surface area contributed by atoms with E-state index in [0.717, 1.165) is 19.3 Å². The Kier molecular flexibility index (Phi) is 9.87. The van der Waals surface area contributed by atoms with Gasteiger partial charge in [-0.3, -0.25) is 14.8 Å². The molecular formula is C17H32N2O4. The van der Waals surface area contributed by atoms with Crippen LogP contribution >= 0.6 is 0 Å². The maximum Gasteiger partial charge on any atom is 0.305 e. The monoisotopic (exact) mass is 328 g/mol. The summed E-state index contributed by atoms with van der Waals surface area (Å²) in [7, 11) is 0. The molecular weight excluding hydrogens is 296 g/mol. The van der Waals surface area contributed by atoms with Crippen LogP contribution in [-0.4, -0.2) is 57.8 Å². The molecule has 1 fully saturated rings. The Balaban J connectivity index is 2.22. The number of aliphatic carboxylic acids is 1. The zero-order valence-corrected chi connectivity index (χ0v) is 14.4. The molecule has 6 heteroatoms. The normalized spacial score (nSPS) is 17.0. The number of amides is 1. The van der Waals surface area contributed by atoms with Crippen molar-refractivity contribution in [1.29, 1.82) is 0 Å². The van der Waals surface area contributed by atoms with Crippen LogP contribution in [0, 0.1) is 0 Å². The van der Waals surface area contributed by atoms with Gasteiger partial charge in [-0.1, -0.05) is 26.2 Å². The number of nitrogens with zero attached hydrogens (tertiary/aromatic N) is 2. The molecule has 23 heavy (non-hydrogen) atoms. The van der Waals surface area contributed by atoms with E-state index in [-0.39, 0.29) is 25.3 Å². The number of piperidine rings is 1. The van der Waals surface area contributed by atoms with E-state index >= 15 is 0 Å². The molecule has 1 heterocycles. The van der Waals surface area contributed by atoms with E-state index in [1.807, 2.05) is 0 Å². The maximum absolute atomic E-state index is 11.7. The molecule has 1 aliphatic heterocycles. The summed E-state index contributed by atoms with van der Waals surface area (Å²) in [4.78, 5) is 24.7. The lowest BCUT2D eigenvalue weighted by Crippen LogP contribution is -2.39. The molecule has 0 bridgehead atoms. The van der Waals surface area contributed by atoms with Gasteiger partial charge in [0.15, 0.2) is 0 Å². The second kappa shape index (κ2) is 11.4. The summed E-state index contributed by atoms with van der Waals surface area (Å²) < 4.78 is 0. The Morgan fingerprint density at radius 3 is 2.39 bits per heavy atom. The van der Waals surface area contributed by atoms with Crippen molar-refractivity contribution in [2.24, 2.45) is 0 Å². The van der Waals surface area contributed by atoms with Gasteiger partial charge in [-0.2, -0.15) is 0 Å². The molecule has 6 nitrogen and oxygen atoms in total. The number of carbonyl (C=O) groups is 2. The Hall–Kier alpha value is -1.14. The number of hydrogen-bond acceptors (Lipinski definition) is 4. The molecule has 2 N–H and O–H groups in total. The largest absolute Gasteiger partial charge is 0.481 e. The van der Waals surface area contributed by atoms with Crippen molar-refractivity contribution >= 4 is 11.9 Å². The van der Waals surface area contributed by atoms with Gasteiger partial charge in [-0.15, -0.1) is 0 Å². The SMILES string of the molecule is CCCC(CCCCC(=O)N(O)CCC(=O)O)N1CCCCC1. The highest BCUT2D eigenvalue weighted by atomic mass is 16.5. The summed E-state index contributed by atoms with van der Waals surface area (Å²) >= 11 is 0. The molecule has 0 spiro atoms. The van der Waals surface area contributed by atoms with Gasteiger partial charge in [0.1, 0.15) is 0 Å². The lowest BCUT2D eigenvalue weighted by molar-refractivity contribution is -0.167. The van der Waals surface area contributed by atoms with E-state index in [4.69, 9.17) is 5.11 Å². The molecule has 0 radical (unpaired) electrons.